The molecule has 1 unspecified atom stereocenters. The monoisotopic (exact) mass is 348 g/mol. The molecule has 7 nitrogen and oxygen atoms in total. The first kappa shape index (κ1) is 15.1. The molecule has 0 radical (unpaired) electrons. The largest absolute Gasteiger partial charge is 0.333 e. The lowest BCUT2D eigenvalue weighted by Gasteiger charge is -2.32. The van der Waals surface area contributed by atoms with E-state index in [1.807, 2.05) is 13.8 Å². The first-order valence-electron chi connectivity index (χ1n) is 7.51. The molecule has 24 heavy (non-hydrogen) atoms. The van der Waals surface area contributed by atoms with Gasteiger partial charge in [0, 0.05) is 6.54 Å². The minimum absolute atomic E-state index is 0.0635. The Labute approximate surface area is 141 Å². The van der Waals surface area contributed by atoms with Crippen LogP contribution in [0.4, 0.5) is 4.39 Å². The molecule has 0 spiro atoms. The standard InChI is InChI=1S/C15H14ClFN6O/c1-7-14-18-8(2)21-23(14)6-5-22(7)15(24)13-19-11-9(16)3-4-10(17)12(11)20-13/h3-4,7H,5-6H2,1-2H3,(H,19,20). The molecule has 1 aromatic carbocycles. The van der Waals surface area contributed by atoms with Crippen molar-refractivity contribution in [3.05, 3.63) is 40.4 Å². The Morgan fingerprint density at radius 2 is 2.17 bits per heavy atom. The number of aromatic nitrogens is 5. The molecule has 0 bridgehead atoms. The summed E-state index contributed by atoms with van der Waals surface area (Å²) in [6.07, 6.45) is 0. The van der Waals surface area contributed by atoms with Crippen LogP contribution in [-0.4, -0.2) is 42.1 Å². The van der Waals surface area contributed by atoms with Gasteiger partial charge in [0.1, 0.15) is 17.2 Å². The van der Waals surface area contributed by atoms with Crippen LogP contribution in [0.2, 0.25) is 5.02 Å². The predicted molar refractivity (Wildman–Crippen MR) is 85.3 cm³/mol. The molecular formula is C15H14ClFN6O. The number of fused-ring (bicyclic) bond motifs is 2. The number of amides is 1. The van der Waals surface area contributed by atoms with Crippen molar-refractivity contribution >= 4 is 28.5 Å². The lowest BCUT2D eigenvalue weighted by atomic mass is 10.2. The highest BCUT2D eigenvalue weighted by Gasteiger charge is 2.32. The van der Waals surface area contributed by atoms with Gasteiger partial charge in [-0.1, -0.05) is 11.6 Å². The van der Waals surface area contributed by atoms with Gasteiger partial charge in [-0.3, -0.25) is 4.79 Å². The molecule has 0 fully saturated rings. The summed E-state index contributed by atoms with van der Waals surface area (Å²) < 4.78 is 15.7. The first-order valence-corrected chi connectivity index (χ1v) is 7.89. The molecule has 1 atom stereocenters. The Morgan fingerprint density at radius 1 is 1.38 bits per heavy atom. The Morgan fingerprint density at radius 3 is 2.92 bits per heavy atom. The van der Waals surface area contributed by atoms with Gasteiger partial charge in [-0.2, -0.15) is 5.10 Å². The van der Waals surface area contributed by atoms with Gasteiger partial charge in [0.25, 0.3) is 5.91 Å². The summed E-state index contributed by atoms with van der Waals surface area (Å²) in [5.74, 6) is 0.623. The number of H-pyrrole nitrogens is 1. The van der Waals surface area contributed by atoms with Crippen LogP contribution in [0.5, 0.6) is 0 Å². The number of halogens is 2. The van der Waals surface area contributed by atoms with Crippen LogP contribution in [0.25, 0.3) is 11.0 Å². The molecule has 0 saturated heterocycles. The summed E-state index contributed by atoms with van der Waals surface area (Å²) in [6, 6.07) is 2.41. The SMILES string of the molecule is Cc1nc2n(n1)CCN(C(=O)c1nc3c(F)ccc(Cl)c3[nH]1)C2C. The number of imidazole rings is 1. The maximum Gasteiger partial charge on any atom is 0.290 e. The van der Waals surface area contributed by atoms with Crippen LogP contribution in [0.3, 0.4) is 0 Å². The van der Waals surface area contributed by atoms with E-state index in [9.17, 15) is 9.18 Å². The van der Waals surface area contributed by atoms with Gasteiger partial charge < -0.3 is 9.88 Å². The lowest BCUT2D eigenvalue weighted by Crippen LogP contribution is -2.41. The fourth-order valence-electron chi connectivity index (χ4n) is 3.02. The maximum absolute atomic E-state index is 13.9. The van der Waals surface area contributed by atoms with E-state index in [-0.39, 0.29) is 23.3 Å². The van der Waals surface area contributed by atoms with Gasteiger partial charge in [0.2, 0.25) is 0 Å². The highest BCUT2D eigenvalue weighted by atomic mass is 35.5. The van der Waals surface area contributed by atoms with Gasteiger partial charge in [-0.25, -0.2) is 19.0 Å². The van der Waals surface area contributed by atoms with Crippen LogP contribution in [0, 0.1) is 12.7 Å². The zero-order valence-electron chi connectivity index (χ0n) is 13.0. The maximum atomic E-state index is 13.9. The summed E-state index contributed by atoms with van der Waals surface area (Å²) in [4.78, 5) is 25.8. The Hall–Kier alpha value is -2.48. The van der Waals surface area contributed by atoms with Crippen molar-refractivity contribution in [2.24, 2.45) is 0 Å². The molecule has 3 aromatic rings. The summed E-state index contributed by atoms with van der Waals surface area (Å²) in [6.45, 7) is 4.73. The fraction of sp³-hybridized carbons (Fsp3) is 0.333. The molecule has 3 heterocycles. The van der Waals surface area contributed by atoms with E-state index in [1.165, 1.54) is 12.1 Å². The van der Waals surface area contributed by atoms with E-state index in [0.29, 0.717) is 29.5 Å². The Bertz CT molecular complexity index is 925. The van der Waals surface area contributed by atoms with Crippen LogP contribution in [0.1, 0.15) is 35.2 Å². The van der Waals surface area contributed by atoms with Crippen LogP contribution in [0.15, 0.2) is 12.1 Å². The molecule has 0 aliphatic carbocycles. The molecule has 1 amide bonds. The second-order valence-electron chi connectivity index (χ2n) is 5.75. The van der Waals surface area contributed by atoms with Crippen molar-refractivity contribution in [3.63, 3.8) is 0 Å². The summed E-state index contributed by atoms with van der Waals surface area (Å²) in [5, 5.41) is 4.62. The molecule has 9 heteroatoms. The lowest BCUT2D eigenvalue weighted by molar-refractivity contribution is 0.0619. The third-order valence-corrected chi connectivity index (χ3v) is 4.52. The van der Waals surface area contributed by atoms with Crippen molar-refractivity contribution in [1.29, 1.82) is 0 Å². The van der Waals surface area contributed by atoms with Gasteiger partial charge >= 0.3 is 0 Å². The van der Waals surface area contributed by atoms with Crippen molar-refractivity contribution in [2.75, 3.05) is 6.54 Å². The molecule has 0 saturated carbocycles. The normalized spacial score (nSPS) is 17.3. The number of hydrogen-bond donors (Lipinski definition) is 1. The quantitative estimate of drug-likeness (QED) is 0.732. The van der Waals surface area contributed by atoms with E-state index < -0.39 is 5.82 Å². The zero-order valence-corrected chi connectivity index (χ0v) is 13.8. The highest BCUT2D eigenvalue weighted by molar-refractivity contribution is 6.35. The van der Waals surface area contributed by atoms with E-state index in [1.54, 1.807) is 9.58 Å². The topological polar surface area (TPSA) is 79.7 Å². The number of aryl methyl sites for hydroxylation is 1. The fourth-order valence-corrected chi connectivity index (χ4v) is 3.22. The molecule has 1 N–H and O–H groups in total. The average molecular weight is 349 g/mol. The van der Waals surface area contributed by atoms with E-state index in [2.05, 4.69) is 20.1 Å². The molecule has 1 aliphatic heterocycles. The Kier molecular flexibility index (Phi) is 3.31. The molecule has 124 valence electrons. The van der Waals surface area contributed by atoms with Crippen LogP contribution < -0.4 is 0 Å². The number of rotatable bonds is 1. The number of carbonyl (C=O) groups is 1. The summed E-state index contributed by atoms with van der Waals surface area (Å²) >= 11 is 6.05. The molecule has 2 aromatic heterocycles. The molecular weight excluding hydrogens is 335 g/mol. The predicted octanol–water partition coefficient (Wildman–Crippen LogP) is 2.47. The minimum Gasteiger partial charge on any atom is -0.333 e. The minimum atomic E-state index is -0.522. The second-order valence-corrected chi connectivity index (χ2v) is 6.16. The van der Waals surface area contributed by atoms with Crippen LogP contribution >= 0.6 is 11.6 Å². The van der Waals surface area contributed by atoms with Crippen molar-refractivity contribution in [1.82, 2.24) is 29.6 Å². The summed E-state index contributed by atoms with van der Waals surface area (Å²) in [5.41, 5.74) is 0.387. The van der Waals surface area contributed by atoms with Gasteiger partial charge in [-0.15, -0.1) is 0 Å². The van der Waals surface area contributed by atoms with Crippen molar-refractivity contribution in [3.8, 4) is 0 Å². The second kappa shape index (κ2) is 5.27. The van der Waals surface area contributed by atoms with Crippen molar-refractivity contribution < 1.29 is 9.18 Å². The van der Waals surface area contributed by atoms with Gasteiger partial charge in [-0.05, 0) is 26.0 Å². The average Bonchev–Trinajstić information content (AvgIpc) is 3.15. The third kappa shape index (κ3) is 2.17. The number of nitrogens with zero attached hydrogens (tertiary/aromatic N) is 5. The number of benzene rings is 1. The first-order chi connectivity index (χ1) is 11.5. The van der Waals surface area contributed by atoms with E-state index in [0.717, 1.165) is 5.82 Å². The number of hydrogen-bond acceptors (Lipinski definition) is 4. The number of nitrogens with one attached hydrogen (secondary N) is 1. The molecule has 4 rings (SSSR count). The summed E-state index contributed by atoms with van der Waals surface area (Å²) in [7, 11) is 0. The zero-order chi connectivity index (χ0) is 17.0. The third-order valence-electron chi connectivity index (χ3n) is 4.21. The van der Waals surface area contributed by atoms with Crippen LogP contribution in [-0.2, 0) is 6.54 Å². The van der Waals surface area contributed by atoms with Gasteiger partial charge in [0.05, 0.1) is 23.1 Å². The highest BCUT2D eigenvalue weighted by Crippen LogP contribution is 2.27. The van der Waals surface area contributed by atoms with Crippen molar-refractivity contribution in [2.45, 2.75) is 26.4 Å². The van der Waals surface area contributed by atoms with E-state index in [4.69, 9.17) is 11.6 Å². The smallest absolute Gasteiger partial charge is 0.290 e. The van der Waals surface area contributed by atoms with E-state index >= 15 is 0 Å². The number of carbonyl (C=O) groups excluding carboxylic acids is 1. The molecule has 1 aliphatic rings. The van der Waals surface area contributed by atoms with Gasteiger partial charge in [0.15, 0.2) is 11.6 Å². The Balaban J connectivity index is 1.72. The number of aromatic amines is 1.